The maximum atomic E-state index is 12.1. The Bertz CT molecular complexity index is 918. The van der Waals surface area contributed by atoms with Gasteiger partial charge in [0.05, 0.1) is 5.75 Å². The Balaban J connectivity index is 1.50. The van der Waals surface area contributed by atoms with Gasteiger partial charge in [-0.1, -0.05) is 65.9 Å². The van der Waals surface area contributed by atoms with Crippen LogP contribution in [0.15, 0.2) is 53.7 Å². The van der Waals surface area contributed by atoms with Gasteiger partial charge < -0.3 is 9.88 Å². The number of nitrogens with one attached hydrogen (secondary N) is 1. The Hall–Kier alpha value is -2.60. The molecule has 0 radical (unpaired) electrons. The molecule has 0 bridgehead atoms. The highest BCUT2D eigenvalue weighted by Crippen LogP contribution is 2.22. The van der Waals surface area contributed by atoms with Gasteiger partial charge in [-0.05, 0) is 31.4 Å². The lowest BCUT2D eigenvalue weighted by molar-refractivity contribution is -0.118. The summed E-state index contributed by atoms with van der Waals surface area (Å²) in [5, 5.41) is 12.2. The molecule has 1 heterocycles. The number of nitrogens with zero attached hydrogens (tertiary/aromatic N) is 3. The van der Waals surface area contributed by atoms with Crippen molar-refractivity contribution in [2.45, 2.75) is 25.4 Å². The molecule has 3 rings (SSSR count). The van der Waals surface area contributed by atoms with Crippen molar-refractivity contribution < 1.29 is 4.79 Å². The summed E-state index contributed by atoms with van der Waals surface area (Å²) in [6.07, 6.45) is 0.838. The first-order valence-corrected chi connectivity index (χ1v) is 9.93. The number of hydrogen-bond donors (Lipinski definition) is 1. The van der Waals surface area contributed by atoms with Crippen molar-refractivity contribution >= 4 is 17.7 Å². The Morgan fingerprint density at radius 2 is 1.81 bits per heavy atom. The number of aromatic nitrogens is 3. The smallest absolute Gasteiger partial charge is 0.230 e. The topological polar surface area (TPSA) is 59.8 Å². The van der Waals surface area contributed by atoms with Crippen molar-refractivity contribution in [3.05, 3.63) is 65.2 Å². The second-order valence-corrected chi connectivity index (χ2v) is 7.49. The largest absolute Gasteiger partial charge is 0.355 e. The van der Waals surface area contributed by atoms with E-state index in [1.54, 1.807) is 0 Å². The highest BCUT2D eigenvalue weighted by molar-refractivity contribution is 7.99. The van der Waals surface area contributed by atoms with Crippen LogP contribution in [0.3, 0.4) is 0 Å². The molecule has 27 heavy (non-hydrogen) atoms. The van der Waals surface area contributed by atoms with Crippen LogP contribution in [0.25, 0.3) is 11.4 Å². The van der Waals surface area contributed by atoms with E-state index in [4.69, 9.17) is 0 Å². The molecular weight excluding hydrogens is 356 g/mol. The third-order valence-corrected chi connectivity index (χ3v) is 5.48. The number of carbonyl (C=O) groups is 1. The van der Waals surface area contributed by atoms with E-state index in [2.05, 4.69) is 53.6 Å². The van der Waals surface area contributed by atoms with Gasteiger partial charge >= 0.3 is 0 Å². The van der Waals surface area contributed by atoms with Crippen LogP contribution in [0, 0.1) is 13.8 Å². The van der Waals surface area contributed by atoms with Gasteiger partial charge in [0.25, 0.3) is 0 Å². The van der Waals surface area contributed by atoms with Crippen LogP contribution in [-0.4, -0.2) is 33.0 Å². The molecular formula is C21H24N4OS. The van der Waals surface area contributed by atoms with Crippen molar-refractivity contribution in [2.24, 2.45) is 7.05 Å². The van der Waals surface area contributed by atoms with Crippen LogP contribution in [0.1, 0.15) is 16.7 Å². The number of thioether (sulfide) groups is 1. The van der Waals surface area contributed by atoms with Crippen molar-refractivity contribution in [1.29, 1.82) is 0 Å². The molecule has 0 saturated heterocycles. The van der Waals surface area contributed by atoms with E-state index in [9.17, 15) is 4.79 Å². The average Bonchev–Trinajstić information content (AvgIpc) is 3.03. The molecule has 0 aliphatic carbocycles. The van der Waals surface area contributed by atoms with Gasteiger partial charge in [0, 0.05) is 19.2 Å². The number of hydrogen-bond acceptors (Lipinski definition) is 4. The number of amides is 1. The molecule has 0 aliphatic rings. The maximum absolute atomic E-state index is 12.1. The molecule has 0 atom stereocenters. The van der Waals surface area contributed by atoms with Crippen LogP contribution >= 0.6 is 11.8 Å². The molecule has 140 valence electrons. The van der Waals surface area contributed by atoms with E-state index < -0.39 is 0 Å². The Morgan fingerprint density at radius 3 is 2.56 bits per heavy atom. The summed E-state index contributed by atoms with van der Waals surface area (Å²) >= 11 is 1.40. The summed E-state index contributed by atoms with van der Waals surface area (Å²) < 4.78 is 1.93. The van der Waals surface area contributed by atoms with Gasteiger partial charge in [0.2, 0.25) is 5.91 Å². The van der Waals surface area contributed by atoms with E-state index in [0.29, 0.717) is 12.3 Å². The minimum Gasteiger partial charge on any atom is -0.355 e. The van der Waals surface area contributed by atoms with Crippen molar-refractivity contribution in [2.75, 3.05) is 12.3 Å². The van der Waals surface area contributed by atoms with Crippen LogP contribution in [0.5, 0.6) is 0 Å². The van der Waals surface area contributed by atoms with Crippen LogP contribution < -0.4 is 5.32 Å². The second-order valence-electron chi connectivity index (χ2n) is 6.55. The van der Waals surface area contributed by atoms with E-state index in [0.717, 1.165) is 23.0 Å². The number of carbonyl (C=O) groups excluding carboxylic acids is 1. The van der Waals surface area contributed by atoms with Gasteiger partial charge in [-0.2, -0.15) is 0 Å². The second kappa shape index (κ2) is 8.86. The van der Waals surface area contributed by atoms with E-state index in [1.165, 1.54) is 28.5 Å². The van der Waals surface area contributed by atoms with E-state index >= 15 is 0 Å². The minimum absolute atomic E-state index is 0.00784. The predicted molar refractivity (Wildman–Crippen MR) is 110 cm³/mol. The molecule has 0 unspecified atom stereocenters. The van der Waals surface area contributed by atoms with Crippen LogP contribution in [0.2, 0.25) is 0 Å². The SMILES string of the molecule is Cc1ccc(-c2nnc(SCC(=O)NCCc3ccccc3C)n2C)cc1. The number of benzene rings is 2. The number of aryl methyl sites for hydroxylation is 2. The van der Waals surface area contributed by atoms with E-state index in [-0.39, 0.29) is 5.91 Å². The minimum atomic E-state index is 0.00784. The number of rotatable bonds is 7. The van der Waals surface area contributed by atoms with Crippen molar-refractivity contribution in [3.63, 3.8) is 0 Å². The first-order chi connectivity index (χ1) is 13.0. The van der Waals surface area contributed by atoms with E-state index in [1.807, 2.05) is 35.9 Å². The Labute approximate surface area is 164 Å². The zero-order valence-electron chi connectivity index (χ0n) is 15.9. The zero-order valence-corrected chi connectivity index (χ0v) is 16.7. The lowest BCUT2D eigenvalue weighted by Gasteiger charge is -2.07. The molecule has 1 aromatic heterocycles. The molecule has 5 nitrogen and oxygen atoms in total. The Kier molecular flexibility index (Phi) is 6.29. The molecule has 1 N–H and O–H groups in total. The van der Waals surface area contributed by atoms with Gasteiger partial charge in [-0.15, -0.1) is 10.2 Å². The molecule has 0 spiro atoms. The first-order valence-electron chi connectivity index (χ1n) is 8.95. The summed E-state index contributed by atoms with van der Waals surface area (Å²) in [7, 11) is 1.92. The maximum Gasteiger partial charge on any atom is 0.230 e. The fraction of sp³-hybridized carbons (Fsp3) is 0.286. The van der Waals surface area contributed by atoms with Gasteiger partial charge in [-0.25, -0.2) is 0 Å². The molecule has 0 fully saturated rings. The molecule has 0 aliphatic heterocycles. The van der Waals surface area contributed by atoms with Crippen LogP contribution in [-0.2, 0) is 18.3 Å². The fourth-order valence-electron chi connectivity index (χ4n) is 2.80. The fourth-order valence-corrected chi connectivity index (χ4v) is 3.54. The highest BCUT2D eigenvalue weighted by Gasteiger charge is 2.12. The first kappa shape index (κ1) is 19.2. The summed E-state index contributed by atoms with van der Waals surface area (Å²) in [5.74, 6) is 1.14. The average molecular weight is 381 g/mol. The summed E-state index contributed by atoms with van der Waals surface area (Å²) in [5.41, 5.74) is 4.74. The third kappa shape index (κ3) is 4.98. The lowest BCUT2D eigenvalue weighted by Crippen LogP contribution is -2.27. The van der Waals surface area contributed by atoms with Gasteiger partial charge in [-0.3, -0.25) is 4.79 Å². The monoisotopic (exact) mass is 380 g/mol. The quantitative estimate of drug-likeness (QED) is 0.637. The molecule has 0 saturated carbocycles. The summed E-state index contributed by atoms with van der Waals surface area (Å²) in [6, 6.07) is 16.4. The molecule has 1 amide bonds. The normalized spacial score (nSPS) is 10.8. The van der Waals surface area contributed by atoms with Crippen LogP contribution in [0.4, 0.5) is 0 Å². The van der Waals surface area contributed by atoms with Gasteiger partial charge in [0.15, 0.2) is 11.0 Å². The molecule has 2 aromatic carbocycles. The third-order valence-electron chi connectivity index (χ3n) is 4.45. The summed E-state index contributed by atoms with van der Waals surface area (Å²) in [6.45, 7) is 4.78. The predicted octanol–water partition coefficient (Wildman–Crippen LogP) is 3.55. The molecule has 3 aromatic rings. The summed E-state index contributed by atoms with van der Waals surface area (Å²) in [4.78, 5) is 12.1. The van der Waals surface area contributed by atoms with Gasteiger partial charge in [0.1, 0.15) is 0 Å². The Morgan fingerprint density at radius 1 is 1.07 bits per heavy atom. The standard InChI is InChI=1S/C21H24N4OS/c1-15-8-10-18(11-9-15)20-23-24-21(25(20)3)27-14-19(26)22-13-12-17-7-5-4-6-16(17)2/h4-11H,12-14H2,1-3H3,(H,22,26). The van der Waals surface area contributed by atoms with Crippen molar-refractivity contribution in [1.82, 2.24) is 20.1 Å². The highest BCUT2D eigenvalue weighted by atomic mass is 32.2. The molecule has 6 heteroatoms. The van der Waals surface area contributed by atoms with Crippen molar-refractivity contribution in [3.8, 4) is 11.4 Å². The lowest BCUT2D eigenvalue weighted by atomic mass is 10.1. The zero-order chi connectivity index (χ0) is 19.2.